The van der Waals surface area contributed by atoms with Crippen LogP contribution in [0.1, 0.15) is 19.3 Å². The number of aliphatic hydroxyl groups is 2. The molecule has 64 valence electrons. The predicted molar refractivity (Wildman–Crippen MR) is 41.2 cm³/mol. The van der Waals surface area contributed by atoms with E-state index < -0.39 is 0 Å². The van der Waals surface area contributed by atoms with Crippen molar-refractivity contribution < 1.29 is 10.2 Å². The van der Waals surface area contributed by atoms with Gasteiger partial charge in [-0.2, -0.15) is 0 Å². The topological polar surface area (TPSA) is 43.7 Å². The van der Waals surface area contributed by atoms with Crippen LogP contribution in [0.2, 0.25) is 0 Å². The number of piperidine rings is 1. The average molecular weight is 157 g/mol. The van der Waals surface area contributed by atoms with Gasteiger partial charge in [0, 0.05) is 19.1 Å². The second-order valence-corrected chi connectivity index (χ2v) is 3.64. The van der Waals surface area contributed by atoms with Gasteiger partial charge >= 0.3 is 0 Å². The average Bonchev–Trinajstić information content (AvgIpc) is 2.33. The van der Waals surface area contributed by atoms with E-state index in [1.807, 2.05) is 0 Å². The van der Waals surface area contributed by atoms with Gasteiger partial charge in [-0.1, -0.05) is 0 Å². The molecule has 0 saturated carbocycles. The standard InChI is InChI=1S/C8H15NO2/c10-6-1-3-9-4-2-8(11)7(9)5-6/h6-8,10-11H,1-5H2/t6-,7+,8-/m0/s1. The van der Waals surface area contributed by atoms with Gasteiger partial charge in [-0.3, -0.25) is 4.90 Å². The van der Waals surface area contributed by atoms with Crippen molar-refractivity contribution in [2.45, 2.75) is 37.5 Å². The molecule has 0 aromatic carbocycles. The number of hydrogen-bond acceptors (Lipinski definition) is 3. The van der Waals surface area contributed by atoms with Crippen molar-refractivity contribution in [3.63, 3.8) is 0 Å². The SMILES string of the molecule is O[C@H]1CCN2CC[C@H](O)[C@H]2C1. The fraction of sp³-hybridized carbons (Fsp3) is 1.00. The molecule has 2 aliphatic rings. The van der Waals surface area contributed by atoms with Crippen LogP contribution in [0.25, 0.3) is 0 Å². The molecule has 0 amide bonds. The Balaban J connectivity index is 2.01. The zero-order valence-corrected chi connectivity index (χ0v) is 6.61. The third kappa shape index (κ3) is 1.28. The fourth-order valence-corrected chi connectivity index (χ4v) is 2.19. The van der Waals surface area contributed by atoms with Crippen LogP contribution in [-0.2, 0) is 0 Å². The summed E-state index contributed by atoms with van der Waals surface area (Å²) in [6.07, 6.45) is 2.16. The summed E-state index contributed by atoms with van der Waals surface area (Å²) in [5, 5.41) is 18.8. The Labute approximate surface area is 66.6 Å². The summed E-state index contributed by atoms with van der Waals surface area (Å²) in [4.78, 5) is 2.29. The molecular formula is C8H15NO2. The smallest absolute Gasteiger partial charge is 0.0708 e. The molecule has 0 aliphatic carbocycles. The van der Waals surface area contributed by atoms with Crippen molar-refractivity contribution in [1.29, 1.82) is 0 Å². The molecule has 2 fully saturated rings. The fourth-order valence-electron chi connectivity index (χ4n) is 2.19. The van der Waals surface area contributed by atoms with E-state index >= 15 is 0 Å². The van der Waals surface area contributed by atoms with E-state index in [0.717, 1.165) is 32.4 Å². The molecule has 0 aromatic rings. The zero-order chi connectivity index (χ0) is 7.84. The van der Waals surface area contributed by atoms with Gasteiger partial charge in [-0.25, -0.2) is 0 Å². The Morgan fingerprint density at radius 1 is 1.09 bits per heavy atom. The van der Waals surface area contributed by atoms with Crippen molar-refractivity contribution in [2.75, 3.05) is 13.1 Å². The summed E-state index contributed by atoms with van der Waals surface area (Å²) < 4.78 is 0. The van der Waals surface area contributed by atoms with E-state index in [-0.39, 0.29) is 18.2 Å². The lowest BCUT2D eigenvalue weighted by atomic mass is 9.98. The highest BCUT2D eigenvalue weighted by atomic mass is 16.3. The first-order valence-electron chi connectivity index (χ1n) is 4.37. The molecule has 0 radical (unpaired) electrons. The van der Waals surface area contributed by atoms with Crippen molar-refractivity contribution in [3.05, 3.63) is 0 Å². The third-order valence-corrected chi connectivity index (χ3v) is 2.89. The normalized spacial score (nSPS) is 45.8. The number of fused-ring (bicyclic) bond motifs is 1. The second-order valence-electron chi connectivity index (χ2n) is 3.64. The van der Waals surface area contributed by atoms with Crippen LogP contribution in [0.15, 0.2) is 0 Å². The molecule has 2 saturated heterocycles. The van der Waals surface area contributed by atoms with E-state index in [0.29, 0.717) is 0 Å². The number of aliphatic hydroxyl groups excluding tert-OH is 2. The molecule has 3 atom stereocenters. The zero-order valence-electron chi connectivity index (χ0n) is 6.61. The molecule has 0 bridgehead atoms. The van der Waals surface area contributed by atoms with Gasteiger partial charge in [0.1, 0.15) is 0 Å². The Hall–Kier alpha value is -0.120. The first kappa shape index (κ1) is 7.53. The summed E-state index contributed by atoms with van der Waals surface area (Å²) in [5.41, 5.74) is 0. The van der Waals surface area contributed by atoms with Gasteiger partial charge in [0.05, 0.1) is 12.2 Å². The van der Waals surface area contributed by atoms with E-state index in [2.05, 4.69) is 4.90 Å². The summed E-state index contributed by atoms with van der Waals surface area (Å²) in [5.74, 6) is 0. The highest BCUT2D eigenvalue weighted by Crippen LogP contribution is 2.26. The second kappa shape index (κ2) is 2.73. The van der Waals surface area contributed by atoms with Crippen LogP contribution in [-0.4, -0.2) is 46.5 Å². The van der Waals surface area contributed by atoms with Gasteiger partial charge in [0.15, 0.2) is 0 Å². The van der Waals surface area contributed by atoms with E-state index in [9.17, 15) is 10.2 Å². The maximum Gasteiger partial charge on any atom is 0.0708 e. The molecule has 11 heavy (non-hydrogen) atoms. The van der Waals surface area contributed by atoms with Gasteiger partial charge < -0.3 is 10.2 Å². The summed E-state index contributed by atoms with van der Waals surface area (Å²) in [6.45, 7) is 1.97. The number of rotatable bonds is 0. The Kier molecular flexibility index (Phi) is 1.87. The quantitative estimate of drug-likeness (QED) is 0.502. The predicted octanol–water partition coefficient (Wildman–Crippen LogP) is -0.424. The van der Waals surface area contributed by atoms with Crippen molar-refractivity contribution in [2.24, 2.45) is 0 Å². The van der Waals surface area contributed by atoms with Crippen LogP contribution in [0.4, 0.5) is 0 Å². The highest BCUT2D eigenvalue weighted by molar-refractivity contribution is 4.91. The minimum Gasteiger partial charge on any atom is -0.393 e. The van der Waals surface area contributed by atoms with E-state index in [1.54, 1.807) is 0 Å². The molecule has 0 spiro atoms. The lowest BCUT2D eigenvalue weighted by Crippen LogP contribution is -2.43. The monoisotopic (exact) mass is 157 g/mol. The van der Waals surface area contributed by atoms with Crippen LogP contribution < -0.4 is 0 Å². The molecule has 2 heterocycles. The van der Waals surface area contributed by atoms with E-state index in [4.69, 9.17) is 0 Å². The van der Waals surface area contributed by atoms with Crippen molar-refractivity contribution >= 4 is 0 Å². The molecule has 3 heteroatoms. The Bertz CT molecular complexity index is 151. The molecule has 0 aromatic heterocycles. The Morgan fingerprint density at radius 3 is 2.64 bits per heavy atom. The Morgan fingerprint density at radius 2 is 1.82 bits per heavy atom. The number of hydrogen-bond donors (Lipinski definition) is 2. The first-order chi connectivity index (χ1) is 5.27. The van der Waals surface area contributed by atoms with Crippen LogP contribution in [0.3, 0.4) is 0 Å². The van der Waals surface area contributed by atoms with E-state index in [1.165, 1.54) is 0 Å². The molecule has 2 N–H and O–H groups in total. The van der Waals surface area contributed by atoms with Crippen LogP contribution >= 0.6 is 0 Å². The van der Waals surface area contributed by atoms with Gasteiger partial charge in [-0.05, 0) is 19.3 Å². The van der Waals surface area contributed by atoms with Crippen molar-refractivity contribution in [1.82, 2.24) is 4.90 Å². The van der Waals surface area contributed by atoms with Gasteiger partial charge in [0.25, 0.3) is 0 Å². The molecular weight excluding hydrogens is 142 g/mol. The van der Waals surface area contributed by atoms with Crippen LogP contribution in [0, 0.1) is 0 Å². The molecule has 2 aliphatic heterocycles. The van der Waals surface area contributed by atoms with Gasteiger partial charge in [-0.15, -0.1) is 0 Å². The molecule has 3 nitrogen and oxygen atoms in total. The van der Waals surface area contributed by atoms with Crippen LogP contribution in [0.5, 0.6) is 0 Å². The first-order valence-corrected chi connectivity index (χ1v) is 4.37. The summed E-state index contributed by atoms with van der Waals surface area (Å²) in [6, 6.07) is 0.249. The summed E-state index contributed by atoms with van der Waals surface area (Å²) >= 11 is 0. The minimum absolute atomic E-state index is 0.177. The third-order valence-electron chi connectivity index (χ3n) is 2.89. The molecule has 0 unspecified atom stereocenters. The minimum atomic E-state index is -0.190. The lowest BCUT2D eigenvalue weighted by Gasteiger charge is -2.33. The van der Waals surface area contributed by atoms with Gasteiger partial charge in [0.2, 0.25) is 0 Å². The largest absolute Gasteiger partial charge is 0.393 e. The summed E-state index contributed by atoms with van der Waals surface area (Å²) in [7, 11) is 0. The molecule has 2 rings (SSSR count). The lowest BCUT2D eigenvalue weighted by molar-refractivity contribution is 0.0230. The highest BCUT2D eigenvalue weighted by Gasteiger charge is 2.36. The maximum atomic E-state index is 9.49. The van der Waals surface area contributed by atoms with Crippen molar-refractivity contribution in [3.8, 4) is 0 Å². The number of nitrogens with zero attached hydrogens (tertiary/aromatic N) is 1. The maximum absolute atomic E-state index is 9.49.